The van der Waals surface area contributed by atoms with Crippen molar-refractivity contribution in [1.29, 1.82) is 0 Å². The molecule has 3 rings (SSSR count). The molecule has 0 radical (unpaired) electrons. The molecule has 0 atom stereocenters. The summed E-state index contributed by atoms with van der Waals surface area (Å²) in [6.07, 6.45) is 0. The number of likely N-dealkylation sites (N-methyl/N-ethyl adjacent to an activating group) is 1. The van der Waals surface area contributed by atoms with Gasteiger partial charge in [-0.3, -0.25) is 14.6 Å². The van der Waals surface area contributed by atoms with Gasteiger partial charge in [-0.1, -0.05) is 11.6 Å². The van der Waals surface area contributed by atoms with Crippen LogP contribution in [-0.4, -0.2) is 41.4 Å². The van der Waals surface area contributed by atoms with Crippen LogP contribution < -0.4 is 10.1 Å². The molecule has 0 aliphatic rings. The quantitative estimate of drug-likeness (QED) is 0.567. The first-order chi connectivity index (χ1) is 14.8. The van der Waals surface area contributed by atoms with E-state index in [1.54, 1.807) is 42.2 Å². The van der Waals surface area contributed by atoms with Crippen LogP contribution in [0, 0.1) is 12.7 Å². The van der Waals surface area contributed by atoms with Gasteiger partial charge in [0.2, 0.25) is 0 Å². The number of anilines is 1. The van der Waals surface area contributed by atoms with E-state index in [4.69, 9.17) is 16.3 Å². The van der Waals surface area contributed by atoms with Crippen LogP contribution in [0.5, 0.6) is 5.75 Å². The molecule has 2 amide bonds. The van der Waals surface area contributed by atoms with Crippen molar-refractivity contribution < 1.29 is 18.7 Å². The van der Waals surface area contributed by atoms with Crippen molar-refractivity contribution in [3.63, 3.8) is 0 Å². The average molecular weight is 444 g/mol. The van der Waals surface area contributed by atoms with Gasteiger partial charge in [0.15, 0.2) is 6.61 Å². The number of hydrogen-bond donors (Lipinski definition) is 1. The monoisotopic (exact) mass is 443 g/mol. The van der Waals surface area contributed by atoms with Crippen LogP contribution in [0.3, 0.4) is 0 Å². The summed E-state index contributed by atoms with van der Waals surface area (Å²) in [5.74, 6) is -0.520. The van der Waals surface area contributed by atoms with Gasteiger partial charge in [0.05, 0.1) is 21.8 Å². The average Bonchev–Trinajstić information content (AvgIpc) is 2.73. The third-order valence-electron chi connectivity index (χ3n) is 4.87. The van der Waals surface area contributed by atoms with Crippen molar-refractivity contribution in [3.05, 3.63) is 64.6 Å². The fourth-order valence-electron chi connectivity index (χ4n) is 3.17. The topological polar surface area (TPSA) is 71.5 Å². The highest BCUT2D eigenvalue weighted by Gasteiger charge is 2.15. The number of amides is 2. The molecule has 0 fully saturated rings. The number of nitrogens with zero attached hydrogens (tertiary/aromatic N) is 2. The molecule has 3 aromatic rings. The predicted molar refractivity (Wildman–Crippen MR) is 119 cm³/mol. The Morgan fingerprint density at radius 3 is 2.55 bits per heavy atom. The SMILES string of the molecule is CCN(CC)C(=O)COc1ccc(NC(=O)c2cc3ccc(F)cc3nc2C)cc1Cl. The maximum Gasteiger partial charge on any atom is 0.260 e. The van der Waals surface area contributed by atoms with Gasteiger partial charge in [0, 0.05) is 30.2 Å². The number of hydrogen-bond acceptors (Lipinski definition) is 4. The zero-order chi connectivity index (χ0) is 22.5. The molecule has 0 aliphatic heterocycles. The van der Waals surface area contributed by atoms with E-state index in [2.05, 4.69) is 10.3 Å². The Bertz CT molecular complexity index is 1130. The molecule has 6 nitrogen and oxygen atoms in total. The zero-order valence-electron chi connectivity index (χ0n) is 17.5. The Hall–Kier alpha value is -3.19. The van der Waals surface area contributed by atoms with E-state index in [1.165, 1.54) is 12.1 Å². The van der Waals surface area contributed by atoms with Crippen LogP contribution in [0.15, 0.2) is 42.5 Å². The van der Waals surface area contributed by atoms with Crippen LogP contribution in [0.2, 0.25) is 5.02 Å². The minimum atomic E-state index is -0.382. The van der Waals surface area contributed by atoms with Gasteiger partial charge in [-0.25, -0.2) is 4.39 Å². The predicted octanol–water partition coefficient (Wildman–Crippen LogP) is 4.84. The highest BCUT2D eigenvalue weighted by atomic mass is 35.5. The number of pyridine rings is 1. The lowest BCUT2D eigenvalue weighted by molar-refractivity contribution is -0.132. The van der Waals surface area contributed by atoms with Crippen molar-refractivity contribution >= 4 is 40.0 Å². The number of ether oxygens (including phenoxy) is 1. The lowest BCUT2D eigenvalue weighted by Crippen LogP contribution is -2.34. The standard InChI is InChI=1S/C23H23ClFN3O3/c1-4-28(5-2)22(29)13-31-21-9-8-17(12-19(21)24)27-23(30)18-10-15-6-7-16(25)11-20(15)26-14(18)3/h6-12H,4-5,13H2,1-3H3,(H,27,30). The molecule has 0 bridgehead atoms. The minimum Gasteiger partial charge on any atom is -0.482 e. The van der Waals surface area contributed by atoms with Gasteiger partial charge in [-0.05, 0) is 57.2 Å². The molecule has 0 saturated heterocycles. The minimum absolute atomic E-state index is 0.115. The second-order valence-electron chi connectivity index (χ2n) is 6.91. The molecule has 31 heavy (non-hydrogen) atoms. The number of aryl methyl sites for hydroxylation is 1. The smallest absolute Gasteiger partial charge is 0.260 e. The van der Waals surface area contributed by atoms with Crippen molar-refractivity contribution in [1.82, 2.24) is 9.88 Å². The summed E-state index contributed by atoms with van der Waals surface area (Å²) in [4.78, 5) is 30.8. The summed E-state index contributed by atoms with van der Waals surface area (Å²) >= 11 is 6.26. The summed E-state index contributed by atoms with van der Waals surface area (Å²) in [6, 6.07) is 10.7. The van der Waals surface area contributed by atoms with Crippen LogP contribution in [0.4, 0.5) is 10.1 Å². The molecule has 8 heteroatoms. The van der Waals surface area contributed by atoms with Crippen molar-refractivity contribution in [3.8, 4) is 5.75 Å². The number of nitrogens with one attached hydrogen (secondary N) is 1. The van der Waals surface area contributed by atoms with Crippen LogP contribution in [-0.2, 0) is 4.79 Å². The Labute approximate surface area is 185 Å². The summed E-state index contributed by atoms with van der Waals surface area (Å²) in [5, 5.41) is 3.71. The van der Waals surface area contributed by atoms with E-state index >= 15 is 0 Å². The summed E-state index contributed by atoms with van der Waals surface area (Å²) in [5.41, 5.74) is 1.81. The first kappa shape index (κ1) is 22.5. The third-order valence-corrected chi connectivity index (χ3v) is 5.17. The van der Waals surface area contributed by atoms with E-state index in [0.717, 1.165) is 0 Å². The molecule has 0 spiro atoms. The first-order valence-electron chi connectivity index (χ1n) is 9.90. The van der Waals surface area contributed by atoms with Crippen LogP contribution >= 0.6 is 11.6 Å². The van der Waals surface area contributed by atoms with Gasteiger partial charge in [-0.2, -0.15) is 0 Å². The Morgan fingerprint density at radius 1 is 1.13 bits per heavy atom. The van der Waals surface area contributed by atoms with E-state index in [-0.39, 0.29) is 29.3 Å². The van der Waals surface area contributed by atoms with Gasteiger partial charge in [-0.15, -0.1) is 0 Å². The molecule has 2 aromatic carbocycles. The van der Waals surface area contributed by atoms with Gasteiger partial charge >= 0.3 is 0 Å². The Balaban J connectivity index is 1.72. The zero-order valence-corrected chi connectivity index (χ0v) is 18.3. The largest absolute Gasteiger partial charge is 0.482 e. The van der Waals surface area contributed by atoms with Crippen molar-refractivity contribution in [2.45, 2.75) is 20.8 Å². The highest BCUT2D eigenvalue weighted by Crippen LogP contribution is 2.28. The molecule has 1 heterocycles. The molecule has 0 unspecified atom stereocenters. The Kier molecular flexibility index (Phi) is 7.07. The summed E-state index contributed by atoms with van der Waals surface area (Å²) in [6.45, 7) is 6.59. The maximum absolute atomic E-state index is 13.4. The number of carbonyl (C=O) groups excluding carboxylic acids is 2. The van der Waals surface area contributed by atoms with Crippen molar-refractivity contribution in [2.75, 3.05) is 25.0 Å². The third kappa shape index (κ3) is 5.30. The van der Waals surface area contributed by atoms with Crippen molar-refractivity contribution in [2.24, 2.45) is 0 Å². The number of rotatable bonds is 7. The molecular weight excluding hydrogens is 421 g/mol. The van der Waals surface area contributed by atoms with Gasteiger partial charge in [0.25, 0.3) is 11.8 Å². The lowest BCUT2D eigenvalue weighted by Gasteiger charge is -2.19. The van der Waals surface area contributed by atoms with E-state index in [0.29, 0.717) is 46.7 Å². The van der Waals surface area contributed by atoms with E-state index in [9.17, 15) is 14.0 Å². The fourth-order valence-corrected chi connectivity index (χ4v) is 3.40. The molecule has 1 N–H and O–H groups in total. The molecule has 0 saturated carbocycles. The Morgan fingerprint density at radius 2 is 1.87 bits per heavy atom. The second kappa shape index (κ2) is 9.75. The normalized spacial score (nSPS) is 10.7. The molecule has 1 aromatic heterocycles. The second-order valence-corrected chi connectivity index (χ2v) is 7.32. The fraction of sp³-hybridized carbons (Fsp3) is 0.261. The molecule has 162 valence electrons. The van der Waals surface area contributed by atoms with Gasteiger partial charge < -0.3 is 15.0 Å². The van der Waals surface area contributed by atoms with Crippen LogP contribution in [0.25, 0.3) is 10.9 Å². The summed E-state index contributed by atoms with van der Waals surface area (Å²) < 4.78 is 18.9. The lowest BCUT2D eigenvalue weighted by atomic mass is 10.1. The number of halogens is 2. The molecular formula is C23H23ClFN3O3. The van der Waals surface area contributed by atoms with Crippen LogP contribution in [0.1, 0.15) is 29.9 Å². The molecule has 0 aliphatic carbocycles. The van der Waals surface area contributed by atoms with E-state index < -0.39 is 0 Å². The maximum atomic E-state index is 13.4. The van der Waals surface area contributed by atoms with Gasteiger partial charge in [0.1, 0.15) is 11.6 Å². The number of carbonyl (C=O) groups is 2. The first-order valence-corrected chi connectivity index (χ1v) is 10.3. The number of benzene rings is 2. The van der Waals surface area contributed by atoms with E-state index in [1.807, 2.05) is 13.8 Å². The summed E-state index contributed by atoms with van der Waals surface area (Å²) in [7, 11) is 0. The number of fused-ring (bicyclic) bond motifs is 1. The highest BCUT2D eigenvalue weighted by molar-refractivity contribution is 6.32. The number of aromatic nitrogens is 1.